The van der Waals surface area contributed by atoms with Crippen molar-refractivity contribution < 1.29 is 4.74 Å². The van der Waals surface area contributed by atoms with Crippen LogP contribution in [0.25, 0.3) is 0 Å². The summed E-state index contributed by atoms with van der Waals surface area (Å²) in [4.78, 5) is 0. The van der Waals surface area contributed by atoms with Crippen molar-refractivity contribution in [1.29, 1.82) is 0 Å². The predicted molar refractivity (Wildman–Crippen MR) is 55.9 cm³/mol. The molecular weight excluding hydrogens is 160 g/mol. The van der Waals surface area contributed by atoms with Crippen LogP contribution in [0.5, 0.6) is 5.75 Å². The van der Waals surface area contributed by atoms with Gasteiger partial charge in [0.05, 0.1) is 6.61 Å². The Morgan fingerprint density at radius 3 is 2.54 bits per heavy atom. The molecule has 1 radical (unpaired) electrons. The topological polar surface area (TPSA) is 9.23 Å². The van der Waals surface area contributed by atoms with E-state index in [1.165, 1.54) is 11.5 Å². The molecule has 0 bridgehead atoms. The van der Waals surface area contributed by atoms with Gasteiger partial charge in [-0.3, -0.25) is 0 Å². The molecule has 0 aliphatic heterocycles. The first kappa shape index (κ1) is 10.1. The maximum Gasteiger partial charge on any atom is 0.123 e. The lowest BCUT2D eigenvalue weighted by Crippen LogP contribution is -1.99. The van der Waals surface area contributed by atoms with Crippen molar-refractivity contribution in [3.05, 3.63) is 35.7 Å². The Labute approximate surface area is 80.7 Å². The van der Waals surface area contributed by atoms with Crippen LogP contribution in [-0.4, -0.2) is 6.61 Å². The lowest BCUT2D eigenvalue weighted by atomic mass is 9.98. The number of benzene rings is 1. The van der Waals surface area contributed by atoms with Crippen LogP contribution in [0.3, 0.4) is 0 Å². The van der Waals surface area contributed by atoms with Gasteiger partial charge in [0.1, 0.15) is 5.75 Å². The zero-order chi connectivity index (χ0) is 9.68. The highest BCUT2D eigenvalue weighted by Gasteiger charge is 2.08. The third kappa shape index (κ3) is 2.48. The van der Waals surface area contributed by atoms with Gasteiger partial charge < -0.3 is 4.74 Å². The molecule has 0 aromatic heterocycles. The lowest BCUT2D eigenvalue weighted by molar-refractivity contribution is 0.337. The van der Waals surface area contributed by atoms with Gasteiger partial charge in [-0.15, -0.1) is 0 Å². The molecule has 0 fully saturated rings. The molecule has 0 N–H and O–H groups in total. The molecule has 0 amide bonds. The van der Waals surface area contributed by atoms with Crippen LogP contribution in [0.1, 0.15) is 32.8 Å². The summed E-state index contributed by atoms with van der Waals surface area (Å²) >= 11 is 0. The smallest absolute Gasteiger partial charge is 0.123 e. The molecule has 0 aliphatic carbocycles. The number of ether oxygens (including phenoxy) is 1. The van der Waals surface area contributed by atoms with E-state index in [4.69, 9.17) is 4.74 Å². The fraction of sp³-hybridized carbons (Fsp3) is 0.417. The molecule has 0 heterocycles. The van der Waals surface area contributed by atoms with Gasteiger partial charge in [0.2, 0.25) is 0 Å². The summed E-state index contributed by atoms with van der Waals surface area (Å²) in [5.74, 6) is 2.38. The normalized spacial score (nSPS) is 10.5. The van der Waals surface area contributed by atoms with Crippen LogP contribution in [0.15, 0.2) is 24.3 Å². The van der Waals surface area contributed by atoms with Crippen molar-refractivity contribution in [3.8, 4) is 5.75 Å². The summed E-state index contributed by atoms with van der Waals surface area (Å²) in [6.45, 7) is 7.06. The van der Waals surface area contributed by atoms with E-state index in [1.807, 2.05) is 19.1 Å². The van der Waals surface area contributed by atoms with Gasteiger partial charge in [0.15, 0.2) is 0 Å². The van der Waals surface area contributed by atoms with Crippen LogP contribution in [-0.2, 0) is 0 Å². The molecule has 0 saturated carbocycles. The maximum absolute atomic E-state index is 5.54. The average molecular weight is 177 g/mol. The summed E-state index contributed by atoms with van der Waals surface area (Å²) in [6.07, 6.45) is 1.07. The molecule has 0 spiro atoms. The van der Waals surface area contributed by atoms with Gasteiger partial charge >= 0.3 is 0 Å². The highest BCUT2D eigenvalue weighted by atomic mass is 16.5. The molecule has 0 atom stereocenters. The molecule has 71 valence electrons. The van der Waals surface area contributed by atoms with Gasteiger partial charge in [-0.25, -0.2) is 0 Å². The Bertz CT molecular complexity index is 255. The van der Waals surface area contributed by atoms with Crippen LogP contribution in [0.4, 0.5) is 0 Å². The van der Waals surface area contributed by atoms with Gasteiger partial charge in [-0.2, -0.15) is 0 Å². The fourth-order valence-electron chi connectivity index (χ4n) is 1.29. The number of rotatable bonds is 4. The Kier molecular flexibility index (Phi) is 3.81. The summed E-state index contributed by atoms with van der Waals surface area (Å²) < 4.78 is 5.54. The van der Waals surface area contributed by atoms with E-state index in [2.05, 4.69) is 26.0 Å². The van der Waals surface area contributed by atoms with E-state index in [9.17, 15) is 0 Å². The Balaban J connectivity index is 2.90. The molecule has 0 saturated heterocycles. The van der Waals surface area contributed by atoms with E-state index in [1.54, 1.807) is 0 Å². The molecular formula is C12H17O. The van der Waals surface area contributed by atoms with Crippen LogP contribution in [0, 0.1) is 5.92 Å². The molecule has 0 unspecified atom stereocenters. The maximum atomic E-state index is 5.54. The quantitative estimate of drug-likeness (QED) is 0.684. The second kappa shape index (κ2) is 4.90. The van der Waals surface area contributed by atoms with Gasteiger partial charge in [0.25, 0.3) is 0 Å². The molecule has 13 heavy (non-hydrogen) atoms. The summed E-state index contributed by atoms with van der Waals surface area (Å²) in [6, 6.07) is 8.20. The van der Waals surface area contributed by atoms with Crippen molar-refractivity contribution in [2.75, 3.05) is 6.61 Å². The summed E-state index contributed by atoms with van der Waals surface area (Å²) in [5, 5.41) is 0. The standard InChI is InChI=1S/C12H17O/c1-4-10(3)11-8-6-7-9-12(11)13-5-2/h6-9H,4-5H2,1-3H3. The van der Waals surface area contributed by atoms with Crippen molar-refractivity contribution in [1.82, 2.24) is 0 Å². The van der Waals surface area contributed by atoms with E-state index < -0.39 is 0 Å². The number of hydrogen-bond acceptors (Lipinski definition) is 1. The first-order valence-electron chi connectivity index (χ1n) is 4.84. The molecule has 1 aromatic carbocycles. The van der Waals surface area contributed by atoms with Crippen LogP contribution < -0.4 is 4.74 Å². The first-order valence-corrected chi connectivity index (χ1v) is 4.84. The zero-order valence-corrected chi connectivity index (χ0v) is 8.63. The van der Waals surface area contributed by atoms with Gasteiger partial charge in [0, 0.05) is 11.5 Å². The minimum absolute atomic E-state index is 0.730. The van der Waals surface area contributed by atoms with Gasteiger partial charge in [-0.05, 0) is 19.4 Å². The largest absolute Gasteiger partial charge is 0.494 e. The first-order chi connectivity index (χ1) is 6.29. The Hall–Kier alpha value is -0.980. The average Bonchev–Trinajstić information content (AvgIpc) is 2.18. The van der Waals surface area contributed by atoms with E-state index >= 15 is 0 Å². The van der Waals surface area contributed by atoms with Crippen molar-refractivity contribution in [3.63, 3.8) is 0 Å². The minimum Gasteiger partial charge on any atom is -0.494 e. The van der Waals surface area contributed by atoms with Crippen LogP contribution >= 0.6 is 0 Å². The molecule has 1 aromatic rings. The Morgan fingerprint density at radius 1 is 1.23 bits per heavy atom. The molecule has 0 aliphatic rings. The Morgan fingerprint density at radius 2 is 1.92 bits per heavy atom. The molecule has 1 nitrogen and oxygen atoms in total. The monoisotopic (exact) mass is 177 g/mol. The third-order valence-electron chi connectivity index (χ3n) is 2.18. The van der Waals surface area contributed by atoms with Gasteiger partial charge in [-0.1, -0.05) is 32.0 Å². The predicted octanol–water partition coefficient (Wildman–Crippen LogP) is 3.44. The molecule has 1 heteroatoms. The fourth-order valence-corrected chi connectivity index (χ4v) is 1.29. The number of para-hydroxylation sites is 1. The van der Waals surface area contributed by atoms with Crippen molar-refractivity contribution in [2.24, 2.45) is 0 Å². The second-order valence-electron chi connectivity index (χ2n) is 3.06. The second-order valence-corrected chi connectivity index (χ2v) is 3.06. The lowest BCUT2D eigenvalue weighted by Gasteiger charge is -2.13. The van der Waals surface area contributed by atoms with E-state index in [0.717, 1.165) is 18.8 Å². The van der Waals surface area contributed by atoms with Crippen molar-refractivity contribution >= 4 is 0 Å². The highest BCUT2D eigenvalue weighted by molar-refractivity contribution is 5.42. The highest BCUT2D eigenvalue weighted by Crippen LogP contribution is 2.27. The van der Waals surface area contributed by atoms with E-state index in [-0.39, 0.29) is 0 Å². The minimum atomic E-state index is 0.730. The third-order valence-corrected chi connectivity index (χ3v) is 2.18. The van der Waals surface area contributed by atoms with E-state index in [0.29, 0.717) is 0 Å². The summed E-state index contributed by atoms with van der Waals surface area (Å²) in [5.41, 5.74) is 1.24. The zero-order valence-electron chi connectivity index (χ0n) is 8.63. The molecule has 1 rings (SSSR count). The van der Waals surface area contributed by atoms with Crippen molar-refractivity contribution in [2.45, 2.75) is 27.2 Å². The van der Waals surface area contributed by atoms with Crippen LogP contribution in [0.2, 0.25) is 0 Å². The summed E-state index contributed by atoms with van der Waals surface area (Å²) in [7, 11) is 0. The number of hydrogen-bond donors (Lipinski definition) is 0. The SMILES string of the molecule is CCOc1ccccc1[C](C)CC.